The van der Waals surface area contributed by atoms with Gasteiger partial charge in [-0.3, -0.25) is 4.90 Å². The van der Waals surface area contributed by atoms with Gasteiger partial charge in [-0.05, 0) is 33.7 Å². The zero-order valence-electron chi connectivity index (χ0n) is 13.1. The molecule has 2 heterocycles. The molecule has 0 N–H and O–H groups in total. The molecule has 0 saturated carbocycles. The van der Waals surface area contributed by atoms with Gasteiger partial charge in [0.1, 0.15) is 0 Å². The number of thiazole rings is 1. The summed E-state index contributed by atoms with van der Waals surface area (Å²) < 4.78 is 23.9. The van der Waals surface area contributed by atoms with Crippen molar-refractivity contribution < 1.29 is 8.42 Å². The van der Waals surface area contributed by atoms with Gasteiger partial charge in [-0.2, -0.15) is 0 Å². The standard InChI is InChI=1S/C14H25N3O2S2/c1-4-17(5-2)14-15-10-13(20-14)11-16-7-6-12(3)21(18,19)9-8-16/h10,12H,4-9,11H2,1-3H3/t12-/m0/s1. The Morgan fingerprint density at radius 1 is 1.38 bits per heavy atom. The summed E-state index contributed by atoms with van der Waals surface area (Å²) in [5.74, 6) is 0.274. The molecule has 1 fully saturated rings. The maximum absolute atomic E-state index is 11.9. The number of aromatic nitrogens is 1. The molecule has 7 heteroatoms. The first-order chi connectivity index (χ1) is 9.96. The molecule has 120 valence electrons. The number of nitrogens with zero attached hydrogens (tertiary/aromatic N) is 3. The molecule has 2 rings (SSSR count). The van der Waals surface area contributed by atoms with Gasteiger partial charge in [0.25, 0.3) is 0 Å². The fourth-order valence-corrected chi connectivity index (χ4v) is 4.96. The van der Waals surface area contributed by atoms with Crippen molar-refractivity contribution >= 4 is 26.3 Å². The van der Waals surface area contributed by atoms with Gasteiger partial charge in [-0.1, -0.05) is 0 Å². The van der Waals surface area contributed by atoms with Crippen LogP contribution < -0.4 is 4.90 Å². The normalized spacial score (nSPS) is 22.9. The van der Waals surface area contributed by atoms with Crippen molar-refractivity contribution in [2.45, 2.75) is 39.0 Å². The number of hydrogen-bond acceptors (Lipinski definition) is 6. The molecule has 1 aliphatic rings. The Kier molecular flexibility index (Phi) is 5.62. The number of sulfone groups is 1. The summed E-state index contributed by atoms with van der Waals surface area (Å²) in [4.78, 5) is 10.2. The Morgan fingerprint density at radius 2 is 2.10 bits per heavy atom. The van der Waals surface area contributed by atoms with Crippen molar-refractivity contribution in [3.05, 3.63) is 11.1 Å². The van der Waals surface area contributed by atoms with Crippen LogP contribution in [-0.2, 0) is 16.4 Å². The molecular formula is C14H25N3O2S2. The monoisotopic (exact) mass is 331 g/mol. The fraction of sp³-hybridized carbons (Fsp3) is 0.786. The molecule has 0 aliphatic carbocycles. The Labute approximate surface area is 131 Å². The summed E-state index contributed by atoms with van der Waals surface area (Å²) in [7, 11) is -2.90. The predicted octanol–water partition coefficient (Wildman–Crippen LogP) is 2.00. The van der Waals surface area contributed by atoms with Crippen molar-refractivity contribution in [2.24, 2.45) is 0 Å². The van der Waals surface area contributed by atoms with Crippen molar-refractivity contribution in [2.75, 3.05) is 36.8 Å². The quantitative estimate of drug-likeness (QED) is 0.826. The molecule has 1 aromatic heterocycles. The lowest BCUT2D eigenvalue weighted by Gasteiger charge is -2.18. The van der Waals surface area contributed by atoms with Crippen LogP contribution in [0.15, 0.2) is 6.20 Å². The lowest BCUT2D eigenvalue weighted by molar-refractivity contribution is 0.286. The smallest absolute Gasteiger partial charge is 0.185 e. The zero-order chi connectivity index (χ0) is 15.5. The van der Waals surface area contributed by atoms with Crippen LogP contribution in [0, 0.1) is 0 Å². The third kappa shape index (κ3) is 4.17. The van der Waals surface area contributed by atoms with Crippen LogP contribution in [0.4, 0.5) is 5.13 Å². The van der Waals surface area contributed by atoms with E-state index in [0.717, 1.165) is 37.7 Å². The molecule has 0 unspecified atom stereocenters. The van der Waals surface area contributed by atoms with E-state index in [1.54, 1.807) is 11.3 Å². The van der Waals surface area contributed by atoms with Crippen molar-refractivity contribution in [3.63, 3.8) is 0 Å². The fourth-order valence-electron chi connectivity index (χ4n) is 2.50. The Balaban J connectivity index is 1.99. The zero-order valence-corrected chi connectivity index (χ0v) is 14.7. The highest BCUT2D eigenvalue weighted by atomic mass is 32.2. The third-order valence-corrected chi connectivity index (χ3v) is 7.37. The van der Waals surface area contributed by atoms with Crippen LogP contribution in [0.2, 0.25) is 0 Å². The average molecular weight is 332 g/mol. The van der Waals surface area contributed by atoms with E-state index in [1.165, 1.54) is 4.88 Å². The minimum atomic E-state index is -2.90. The van der Waals surface area contributed by atoms with Crippen LogP contribution in [0.5, 0.6) is 0 Å². The van der Waals surface area contributed by atoms with Gasteiger partial charge in [0.2, 0.25) is 0 Å². The van der Waals surface area contributed by atoms with E-state index >= 15 is 0 Å². The van der Waals surface area contributed by atoms with E-state index in [4.69, 9.17) is 0 Å². The predicted molar refractivity (Wildman–Crippen MR) is 88.8 cm³/mol. The van der Waals surface area contributed by atoms with Crippen LogP contribution in [0.1, 0.15) is 32.1 Å². The van der Waals surface area contributed by atoms with Gasteiger partial charge in [0, 0.05) is 37.3 Å². The lowest BCUT2D eigenvalue weighted by Crippen LogP contribution is -2.26. The molecule has 0 aromatic carbocycles. The maximum Gasteiger partial charge on any atom is 0.185 e. The highest BCUT2D eigenvalue weighted by molar-refractivity contribution is 7.92. The van der Waals surface area contributed by atoms with Gasteiger partial charge in [0.15, 0.2) is 15.0 Å². The summed E-state index contributed by atoms with van der Waals surface area (Å²) in [6, 6.07) is 0. The maximum atomic E-state index is 11.9. The minimum Gasteiger partial charge on any atom is -0.349 e. The van der Waals surface area contributed by atoms with Gasteiger partial charge in [0.05, 0.1) is 11.0 Å². The summed E-state index contributed by atoms with van der Waals surface area (Å²) in [6.07, 6.45) is 2.66. The van der Waals surface area contributed by atoms with E-state index in [1.807, 2.05) is 13.1 Å². The van der Waals surface area contributed by atoms with Crippen LogP contribution in [-0.4, -0.2) is 55.5 Å². The molecule has 1 aliphatic heterocycles. The van der Waals surface area contributed by atoms with Crippen molar-refractivity contribution in [1.29, 1.82) is 0 Å². The van der Waals surface area contributed by atoms with Gasteiger partial charge in [-0.25, -0.2) is 13.4 Å². The number of hydrogen-bond donors (Lipinski definition) is 0. The first-order valence-corrected chi connectivity index (χ1v) is 10.1. The average Bonchev–Trinajstić information content (AvgIpc) is 2.86. The van der Waals surface area contributed by atoms with Gasteiger partial charge < -0.3 is 4.90 Å². The second-order valence-corrected chi connectivity index (χ2v) is 9.16. The topological polar surface area (TPSA) is 53.5 Å². The molecule has 0 radical (unpaired) electrons. The second-order valence-electron chi connectivity index (χ2n) is 5.52. The van der Waals surface area contributed by atoms with Crippen LogP contribution >= 0.6 is 11.3 Å². The first-order valence-electron chi connectivity index (χ1n) is 7.59. The summed E-state index contributed by atoms with van der Waals surface area (Å²) >= 11 is 1.71. The molecule has 21 heavy (non-hydrogen) atoms. The largest absolute Gasteiger partial charge is 0.349 e. The van der Waals surface area contributed by atoms with Crippen LogP contribution in [0.25, 0.3) is 0 Å². The Morgan fingerprint density at radius 3 is 2.76 bits per heavy atom. The summed E-state index contributed by atoms with van der Waals surface area (Å²) in [5.41, 5.74) is 0. The molecule has 0 amide bonds. The highest BCUT2D eigenvalue weighted by Crippen LogP contribution is 2.24. The first kappa shape index (κ1) is 16.7. The molecule has 1 atom stereocenters. The molecule has 1 saturated heterocycles. The number of anilines is 1. The summed E-state index contributed by atoms with van der Waals surface area (Å²) in [5, 5.41) is 0.848. The molecule has 0 spiro atoms. The SMILES string of the molecule is CCN(CC)c1ncc(CN2CC[C@H](C)S(=O)(=O)CC2)s1. The minimum absolute atomic E-state index is 0.213. The van der Waals surface area contributed by atoms with E-state index in [2.05, 4.69) is 28.6 Å². The summed E-state index contributed by atoms with van der Waals surface area (Å²) in [6.45, 7) is 10.3. The third-order valence-electron chi connectivity index (χ3n) is 4.11. The lowest BCUT2D eigenvalue weighted by atomic mass is 10.3. The van der Waals surface area contributed by atoms with Gasteiger partial charge in [-0.15, -0.1) is 11.3 Å². The Hall–Kier alpha value is -0.660. The van der Waals surface area contributed by atoms with E-state index in [-0.39, 0.29) is 11.0 Å². The van der Waals surface area contributed by atoms with Crippen LogP contribution in [0.3, 0.4) is 0 Å². The van der Waals surface area contributed by atoms with E-state index < -0.39 is 9.84 Å². The molecule has 5 nitrogen and oxygen atoms in total. The molecular weight excluding hydrogens is 306 g/mol. The second kappa shape index (κ2) is 7.07. The molecule has 1 aromatic rings. The molecule has 0 bridgehead atoms. The van der Waals surface area contributed by atoms with Crippen molar-refractivity contribution in [1.82, 2.24) is 9.88 Å². The number of rotatable bonds is 5. The van der Waals surface area contributed by atoms with E-state index in [9.17, 15) is 8.42 Å². The highest BCUT2D eigenvalue weighted by Gasteiger charge is 2.26. The Bertz CT molecular complexity index is 552. The van der Waals surface area contributed by atoms with Gasteiger partial charge >= 0.3 is 0 Å². The van der Waals surface area contributed by atoms with Crippen molar-refractivity contribution in [3.8, 4) is 0 Å². The van der Waals surface area contributed by atoms with E-state index in [0.29, 0.717) is 6.54 Å².